The van der Waals surface area contributed by atoms with Crippen molar-refractivity contribution in [2.24, 2.45) is 4.99 Å². The van der Waals surface area contributed by atoms with Crippen LogP contribution in [0.25, 0.3) is 0 Å². The van der Waals surface area contributed by atoms with Crippen molar-refractivity contribution < 1.29 is 23.0 Å². The highest BCUT2D eigenvalue weighted by Gasteiger charge is 2.11. The van der Waals surface area contributed by atoms with E-state index in [1.54, 1.807) is 18.2 Å². The number of hydrogen-bond acceptors (Lipinski definition) is 3. The molecule has 28 heavy (non-hydrogen) atoms. The summed E-state index contributed by atoms with van der Waals surface area (Å²) in [4.78, 5) is 4.33. The van der Waals surface area contributed by atoms with Crippen molar-refractivity contribution in [1.82, 2.24) is 10.6 Å². The van der Waals surface area contributed by atoms with E-state index in [0.717, 1.165) is 0 Å². The molecule has 2 aromatic rings. The summed E-state index contributed by atoms with van der Waals surface area (Å²) in [7, 11) is 0. The second-order valence-electron chi connectivity index (χ2n) is 5.63. The number of hydrogen-bond donors (Lipinski definition) is 3. The molecule has 0 aromatic heterocycles. The molecule has 0 radical (unpaired) electrons. The van der Waals surface area contributed by atoms with Crippen LogP contribution < -0.4 is 15.4 Å². The second-order valence-corrected chi connectivity index (χ2v) is 5.63. The molecule has 0 heterocycles. The summed E-state index contributed by atoms with van der Waals surface area (Å²) < 4.78 is 42.4. The summed E-state index contributed by atoms with van der Waals surface area (Å²) in [5.41, 5.74) is 1.07. The molecular formula is C19H23F3IN3O2. The number of para-hydroxylation sites is 1. The maximum Gasteiger partial charge on any atom is 0.387 e. The minimum atomic E-state index is -2.91. The highest BCUT2D eigenvalue weighted by atomic mass is 127. The van der Waals surface area contributed by atoms with E-state index in [1.807, 2.05) is 6.92 Å². The Hall–Kier alpha value is -2.01. The molecule has 0 aliphatic heterocycles. The van der Waals surface area contributed by atoms with Gasteiger partial charge in [0.2, 0.25) is 0 Å². The fraction of sp³-hybridized carbons (Fsp3) is 0.316. The van der Waals surface area contributed by atoms with Gasteiger partial charge in [0.15, 0.2) is 5.96 Å². The van der Waals surface area contributed by atoms with Gasteiger partial charge in [-0.05, 0) is 30.7 Å². The Morgan fingerprint density at radius 1 is 1.11 bits per heavy atom. The highest BCUT2D eigenvalue weighted by molar-refractivity contribution is 14.0. The van der Waals surface area contributed by atoms with Gasteiger partial charge in [0, 0.05) is 18.7 Å². The quantitative estimate of drug-likeness (QED) is 0.288. The summed E-state index contributed by atoms with van der Waals surface area (Å²) >= 11 is 0. The van der Waals surface area contributed by atoms with Crippen LogP contribution in [0.5, 0.6) is 5.75 Å². The third-order valence-electron chi connectivity index (χ3n) is 3.66. The van der Waals surface area contributed by atoms with Gasteiger partial charge in [0.1, 0.15) is 11.6 Å². The smallest absolute Gasteiger partial charge is 0.387 e. The van der Waals surface area contributed by atoms with E-state index in [0.29, 0.717) is 23.6 Å². The van der Waals surface area contributed by atoms with Gasteiger partial charge < -0.3 is 20.5 Å². The number of ether oxygens (including phenoxy) is 1. The van der Waals surface area contributed by atoms with Gasteiger partial charge in [-0.1, -0.05) is 30.3 Å². The molecule has 0 spiro atoms. The number of guanidine groups is 1. The minimum absolute atomic E-state index is 0. The van der Waals surface area contributed by atoms with E-state index >= 15 is 0 Å². The Morgan fingerprint density at radius 3 is 2.43 bits per heavy atom. The average Bonchev–Trinajstić information content (AvgIpc) is 2.65. The molecular weight excluding hydrogens is 486 g/mol. The molecule has 2 rings (SSSR count). The average molecular weight is 509 g/mol. The van der Waals surface area contributed by atoms with E-state index in [4.69, 9.17) is 0 Å². The number of benzene rings is 2. The minimum Gasteiger partial charge on any atom is -0.434 e. The van der Waals surface area contributed by atoms with Crippen LogP contribution in [0.1, 0.15) is 24.2 Å². The summed E-state index contributed by atoms with van der Waals surface area (Å²) in [6, 6.07) is 12.0. The van der Waals surface area contributed by atoms with Crippen LogP contribution in [0.15, 0.2) is 53.5 Å². The largest absolute Gasteiger partial charge is 0.434 e. The maximum atomic E-state index is 13.0. The van der Waals surface area contributed by atoms with Gasteiger partial charge in [-0.2, -0.15) is 8.78 Å². The molecule has 0 aliphatic rings. The second kappa shape index (κ2) is 12.4. The predicted octanol–water partition coefficient (Wildman–Crippen LogP) is 3.83. The summed E-state index contributed by atoms with van der Waals surface area (Å²) in [6.07, 6.45) is -0.857. The molecule has 154 valence electrons. The van der Waals surface area contributed by atoms with Crippen LogP contribution in [0.2, 0.25) is 0 Å². The van der Waals surface area contributed by atoms with Gasteiger partial charge in [-0.3, -0.25) is 0 Å². The molecule has 3 N–H and O–H groups in total. The van der Waals surface area contributed by atoms with E-state index < -0.39 is 12.7 Å². The highest BCUT2D eigenvalue weighted by Crippen LogP contribution is 2.21. The molecule has 0 fully saturated rings. The van der Waals surface area contributed by atoms with Crippen LogP contribution in [0.3, 0.4) is 0 Å². The Morgan fingerprint density at radius 2 is 1.79 bits per heavy atom. The summed E-state index contributed by atoms with van der Waals surface area (Å²) in [5, 5.41) is 16.2. The summed E-state index contributed by atoms with van der Waals surface area (Å²) in [6.45, 7) is -0.195. The number of nitrogens with zero attached hydrogens (tertiary/aromatic N) is 1. The van der Waals surface area contributed by atoms with Crippen LogP contribution in [0, 0.1) is 5.82 Å². The number of rotatable bonds is 8. The van der Waals surface area contributed by atoms with E-state index in [9.17, 15) is 18.3 Å². The first kappa shape index (κ1) is 24.0. The lowest BCUT2D eigenvalue weighted by Gasteiger charge is -2.16. The zero-order chi connectivity index (χ0) is 19.6. The van der Waals surface area contributed by atoms with E-state index in [1.165, 1.54) is 30.3 Å². The molecule has 0 saturated heterocycles. The van der Waals surface area contributed by atoms with Crippen molar-refractivity contribution in [3.8, 4) is 5.75 Å². The topological polar surface area (TPSA) is 65.9 Å². The first-order valence-electron chi connectivity index (χ1n) is 8.48. The van der Waals surface area contributed by atoms with Crippen LogP contribution in [-0.4, -0.2) is 30.8 Å². The molecule has 9 heteroatoms. The van der Waals surface area contributed by atoms with Gasteiger partial charge in [-0.15, -0.1) is 24.0 Å². The fourth-order valence-corrected chi connectivity index (χ4v) is 2.35. The van der Waals surface area contributed by atoms with Crippen molar-refractivity contribution in [2.75, 3.05) is 13.1 Å². The lowest BCUT2D eigenvalue weighted by Crippen LogP contribution is -2.39. The third-order valence-corrected chi connectivity index (χ3v) is 3.66. The third kappa shape index (κ3) is 7.93. The van der Waals surface area contributed by atoms with Gasteiger partial charge in [0.05, 0.1) is 12.6 Å². The lowest BCUT2D eigenvalue weighted by atomic mass is 10.1. The molecule has 1 atom stereocenters. The fourth-order valence-electron chi connectivity index (χ4n) is 2.35. The first-order valence-corrected chi connectivity index (χ1v) is 8.48. The van der Waals surface area contributed by atoms with E-state index in [2.05, 4.69) is 20.4 Å². The Balaban J connectivity index is 0.00000392. The zero-order valence-electron chi connectivity index (χ0n) is 15.2. The number of aliphatic hydroxyl groups is 1. The predicted molar refractivity (Wildman–Crippen MR) is 113 cm³/mol. The maximum absolute atomic E-state index is 13.0. The van der Waals surface area contributed by atoms with Crippen LogP contribution in [0.4, 0.5) is 13.2 Å². The number of nitrogens with one attached hydrogen (secondary N) is 2. The van der Waals surface area contributed by atoms with Crippen LogP contribution in [-0.2, 0) is 6.54 Å². The number of halogens is 4. The molecule has 2 aromatic carbocycles. The first-order chi connectivity index (χ1) is 13.0. The normalized spacial score (nSPS) is 12.3. The standard InChI is InChI=1S/C19H22F3N3O2.HI/c1-2-23-19(25-12-16(26)13-7-9-15(20)10-8-13)24-11-14-5-3-4-6-17(14)27-18(21)22;/h3-10,16,18,26H,2,11-12H2,1H3,(H2,23,24,25);1H. The SMILES string of the molecule is CCNC(=NCc1ccccc1OC(F)F)NCC(O)c1ccc(F)cc1.I. The van der Waals surface area contributed by atoms with E-state index in [-0.39, 0.29) is 48.6 Å². The zero-order valence-corrected chi connectivity index (χ0v) is 17.6. The van der Waals surface area contributed by atoms with Gasteiger partial charge in [0.25, 0.3) is 0 Å². The molecule has 1 unspecified atom stereocenters. The Labute approximate surface area is 179 Å². The van der Waals surface area contributed by atoms with Gasteiger partial charge in [-0.25, -0.2) is 9.38 Å². The number of alkyl halides is 2. The molecule has 0 bridgehead atoms. The Bertz CT molecular complexity index is 745. The molecule has 0 saturated carbocycles. The van der Waals surface area contributed by atoms with Crippen molar-refractivity contribution >= 4 is 29.9 Å². The van der Waals surface area contributed by atoms with Gasteiger partial charge >= 0.3 is 6.61 Å². The van der Waals surface area contributed by atoms with Crippen molar-refractivity contribution in [1.29, 1.82) is 0 Å². The molecule has 5 nitrogen and oxygen atoms in total. The molecule has 0 aliphatic carbocycles. The Kier molecular flexibility index (Phi) is 10.7. The monoisotopic (exact) mass is 509 g/mol. The summed E-state index contributed by atoms with van der Waals surface area (Å²) in [5.74, 6) is 0.0995. The lowest BCUT2D eigenvalue weighted by molar-refractivity contribution is -0.0504. The van der Waals surface area contributed by atoms with Crippen molar-refractivity contribution in [2.45, 2.75) is 26.2 Å². The molecule has 0 amide bonds. The van der Waals surface area contributed by atoms with Crippen molar-refractivity contribution in [3.05, 3.63) is 65.5 Å². The number of aliphatic hydroxyl groups excluding tert-OH is 1. The van der Waals surface area contributed by atoms with Crippen molar-refractivity contribution in [3.63, 3.8) is 0 Å². The number of aliphatic imine (C=N–C) groups is 1. The van der Waals surface area contributed by atoms with Crippen LogP contribution >= 0.6 is 24.0 Å².